The molecule has 9 N–H and O–H groups in total. The minimum Gasteiger partial charge on any atom is -0.400 e. The molecule has 3 unspecified atom stereocenters. The number of aliphatic imine (C=N–C) groups is 1. The number of piperidine rings is 1. The van der Waals surface area contributed by atoms with Gasteiger partial charge in [0.25, 0.3) is 0 Å². The Balaban J connectivity index is 0.00000198. The van der Waals surface area contributed by atoms with Crippen LogP contribution in [0.25, 0.3) is 5.57 Å². The number of hydrogen-bond donors (Lipinski definition) is 6. The first-order chi connectivity index (χ1) is 20.4. The van der Waals surface area contributed by atoms with Crippen LogP contribution < -0.4 is 32.7 Å². The second kappa shape index (κ2) is 13.6. The molecule has 2 fully saturated rings. The minimum absolute atomic E-state index is 0.231. The number of rotatable bonds is 10. The van der Waals surface area contributed by atoms with Gasteiger partial charge in [-0.05, 0) is 64.8 Å². The first-order valence-corrected chi connectivity index (χ1v) is 14.1. The van der Waals surface area contributed by atoms with Crippen LogP contribution in [0.3, 0.4) is 0 Å². The number of nitrogen functional groups attached to an aromatic ring is 1. The van der Waals surface area contributed by atoms with Crippen molar-refractivity contribution in [3.8, 4) is 0 Å². The van der Waals surface area contributed by atoms with Gasteiger partial charge >= 0.3 is 0 Å². The molecule has 3 atom stereocenters. The van der Waals surface area contributed by atoms with Gasteiger partial charge in [-0.3, -0.25) is 4.99 Å². The monoisotopic (exact) mass is 570 g/mol. The molecule has 0 radical (unpaired) electrons. The lowest BCUT2D eigenvalue weighted by atomic mass is 9.89. The number of nitrogens with two attached hydrogens (primary N) is 3. The highest BCUT2D eigenvalue weighted by molar-refractivity contribution is 5.90. The van der Waals surface area contributed by atoms with Crippen LogP contribution in [0.1, 0.15) is 33.9 Å². The summed E-state index contributed by atoms with van der Waals surface area (Å²) >= 11 is 0. The molecule has 2 aliphatic rings. The van der Waals surface area contributed by atoms with Gasteiger partial charge in [-0.1, -0.05) is 24.3 Å². The van der Waals surface area contributed by atoms with Crippen LogP contribution in [0.4, 0.5) is 22.9 Å². The topological polar surface area (TPSA) is 168 Å². The van der Waals surface area contributed by atoms with E-state index in [1.807, 2.05) is 55.8 Å². The molecular formula is C32H42N8O2. The Kier molecular flexibility index (Phi) is 9.95. The van der Waals surface area contributed by atoms with Crippen molar-refractivity contribution in [1.29, 1.82) is 0 Å². The molecule has 10 heteroatoms. The summed E-state index contributed by atoms with van der Waals surface area (Å²) in [5.74, 6) is 2.11. The van der Waals surface area contributed by atoms with Crippen molar-refractivity contribution < 1.29 is 9.90 Å². The summed E-state index contributed by atoms with van der Waals surface area (Å²) in [6.45, 7) is 4.23. The third-order valence-electron chi connectivity index (χ3n) is 8.24. The van der Waals surface area contributed by atoms with Crippen LogP contribution >= 0.6 is 0 Å². The molecule has 0 bridgehead atoms. The Hall–Kier alpha value is -4.25. The summed E-state index contributed by atoms with van der Waals surface area (Å²) in [6.07, 6.45) is 6.63. The Morgan fingerprint density at radius 2 is 1.90 bits per heavy atom. The number of pyridine rings is 1. The molecule has 10 nitrogen and oxygen atoms in total. The molecule has 1 saturated heterocycles. The number of aldehydes is 1. The molecule has 1 aliphatic carbocycles. The molecule has 1 aromatic heterocycles. The third kappa shape index (κ3) is 6.01. The fraction of sp³-hybridized carbons (Fsp3) is 0.344. The van der Waals surface area contributed by atoms with Crippen LogP contribution in [0.15, 0.2) is 59.9 Å². The summed E-state index contributed by atoms with van der Waals surface area (Å²) in [6, 6.07) is 13.5. The molecular weight excluding hydrogens is 528 g/mol. The zero-order valence-electron chi connectivity index (χ0n) is 24.7. The fourth-order valence-electron chi connectivity index (χ4n) is 6.00. The zero-order chi connectivity index (χ0) is 30.4. The van der Waals surface area contributed by atoms with E-state index in [0.717, 1.165) is 77.1 Å². The minimum atomic E-state index is -0.462. The molecule has 5 rings (SSSR count). The van der Waals surface area contributed by atoms with Crippen molar-refractivity contribution in [2.24, 2.45) is 34.2 Å². The lowest BCUT2D eigenvalue weighted by Gasteiger charge is -2.24. The molecule has 1 aliphatic heterocycles. The second-order valence-corrected chi connectivity index (χ2v) is 10.6. The maximum absolute atomic E-state index is 11.1. The fourth-order valence-corrected chi connectivity index (χ4v) is 6.00. The Bertz CT molecular complexity index is 1440. The van der Waals surface area contributed by atoms with Crippen LogP contribution in [0.2, 0.25) is 0 Å². The van der Waals surface area contributed by atoms with E-state index in [4.69, 9.17) is 27.3 Å². The third-order valence-corrected chi connectivity index (χ3v) is 8.24. The summed E-state index contributed by atoms with van der Waals surface area (Å²) in [4.78, 5) is 22.4. The molecule has 222 valence electrons. The molecule has 42 heavy (non-hydrogen) atoms. The molecule has 0 spiro atoms. The Labute approximate surface area is 247 Å². The Morgan fingerprint density at radius 3 is 2.50 bits per heavy atom. The number of aromatic nitrogens is 1. The lowest BCUT2D eigenvalue weighted by Crippen LogP contribution is -2.25. The van der Waals surface area contributed by atoms with Crippen molar-refractivity contribution in [2.45, 2.75) is 13.0 Å². The van der Waals surface area contributed by atoms with Gasteiger partial charge in [-0.15, -0.1) is 0 Å². The van der Waals surface area contributed by atoms with E-state index < -0.39 is 6.04 Å². The Morgan fingerprint density at radius 1 is 1.17 bits per heavy atom. The predicted octanol–water partition coefficient (Wildman–Crippen LogP) is 2.82. The van der Waals surface area contributed by atoms with Gasteiger partial charge in [0.05, 0.1) is 17.9 Å². The highest BCUT2D eigenvalue weighted by atomic mass is 16.2. The molecule has 3 aromatic rings. The lowest BCUT2D eigenvalue weighted by molar-refractivity contribution is -0.109. The van der Waals surface area contributed by atoms with E-state index in [1.54, 1.807) is 13.3 Å². The number of carbonyl (C=O) groups excluding carboxylic acids is 1. The smallest absolute Gasteiger partial charge is 0.128 e. The zero-order valence-corrected chi connectivity index (χ0v) is 24.7. The van der Waals surface area contributed by atoms with Crippen molar-refractivity contribution in [2.75, 3.05) is 56.8 Å². The van der Waals surface area contributed by atoms with Gasteiger partial charge in [0.1, 0.15) is 12.1 Å². The summed E-state index contributed by atoms with van der Waals surface area (Å²) < 4.78 is 0. The van der Waals surface area contributed by atoms with Gasteiger partial charge in [-0.2, -0.15) is 0 Å². The van der Waals surface area contributed by atoms with Crippen LogP contribution in [-0.4, -0.2) is 63.4 Å². The normalized spacial score (nSPS) is 20.0. The predicted molar refractivity (Wildman–Crippen MR) is 172 cm³/mol. The number of nitrogens with zero attached hydrogens (tertiary/aromatic N) is 3. The highest BCUT2D eigenvalue weighted by Gasteiger charge is 2.55. The standard InChI is InChI=1S/C31H38N8O.CH4O/c1-18-21(19(11-32)12-35-2)8-9-23(30(34)22-5-4-6-28(33)24(22)14-36-3)31(18)38-20-7-10-29(37-13-20)39-15-25-26(16-39)27(25)17-40;1-2/h4-10,12-14,17,25-27,30,35,38H,11,15-16,32-34H2,1-3H3;2H,1H3/b19-12+,36-14?;. The van der Waals surface area contributed by atoms with Crippen LogP contribution in [0, 0.1) is 24.7 Å². The van der Waals surface area contributed by atoms with Crippen molar-refractivity contribution >= 4 is 41.0 Å². The average molecular weight is 571 g/mol. The number of aliphatic hydroxyl groups excluding tert-OH is 1. The number of carbonyl (C=O) groups is 1. The van der Waals surface area contributed by atoms with E-state index >= 15 is 0 Å². The number of nitrogens with one attached hydrogen (secondary N) is 2. The van der Waals surface area contributed by atoms with E-state index in [1.165, 1.54) is 0 Å². The number of anilines is 4. The van der Waals surface area contributed by atoms with Crippen molar-refractivity contribution in [1.82, 2.24) is 10.3 Å². The van der Waals surface area contributed by atoms with E-state index in [-0.39, 0.29) is 5.92 Å². The van der Waals surface area contributed by atoms with E-state index in [9.17, 15) is 4.79 Å². The molecule has 1 saturated carbocycles. The maximum Gasteiger partial charge on any atom is 0.128 e. The number of hydrogen-bond acceptors (Lipinski definition) is 10. The van der Waals surface area contributed by atoms with Gasteiger partial charge < -0.3 is 42.6 Å². The van der Waals surface area contributed by atoms with Crippen LogP contribution in [-0.2, 0) is 4.79 Å². The second-order valence-electron chi connectivity index (χ2n) is 10.6. The first kappa shape index (κ1) is 30.7. The largest absolute Gasteiger partial charge is 0.400 e. The molecule has 2 aromatic carbocycles. The quantitative estimate of drug-likeness (QED) is 0.122. The molecule has 0 amide bonds. The SMILES string of the molecule is CN=Cc1c(N)cccc1C(N)c1ccc(/C(=C/NC)CN)c(C)c1Nc1ccc(N2CC3C(C=O)C3C2)nc1.CO. The van der Waals surface area contributed by atoms with Gasteiger partial charge in [0.2, 0.25) is 0 Å². The summed E-state index contributed by atoms with van der Waals surface area (Å²) in [5, 5.41) is 13.7. The van der Waals surface area contributed by atoms with Gasteiger partial charge in [0.15, 0.2) is 0 Å². The first-order valence-electron chi connectivity index (χ1n) is 14.1. The average Bonchev–Trinajstić information content (AvgIpc) is 3.49. The van der Waals surface area contributed by atoms with Gasteiger partial charge in [0, 0.05) is 76.1 Å². The highest BCUT2D eigenvalue weighted by Crippen LogP contribution is 2.51. The van der Waals surface area contributed by atoms with Crippen LogP contribution in [0.5, 0.6) is 0 Å². The number of fused-ring (bicyclic) bond motifs is 1. The van der Waals surface area contributed by atoms with Gasteiger partial charge in [-0.25, -0.2) is 4.98 Å². The van der Waals surface area contributed by atoms with E-state index in [2.05, 4.69) is 33.5 Å². The van der Waals surface area contributed by atoms with E-state index in [0.29, 0.717) is 24.1 Å². The molecule has 2 heterocycles. The maximum atomic E-state index is 11.1. The number of benzene rings is 2. The van der Waals surface area contributed by atoms with Crippen molar-refractivity contribution in [3.05, 3.63) is 82.7 Å². The summed E-state index contributed by atoms with van der Waals surface area (Å²) in [7, 11) is 4.58. The van der Waals surface area contributed by atoms with Crippen molar-refractivity contribution in [3.63, 3.8) is 0 Å². The summed E-state index contributed by atoms with van der Waals surface area (Å²) in [5.41, 5.74) is 27.4. The number of aliphatic hydroxyl groups is 1.